The monoisotopic (exact) mass is 418 g/mol. The Morgan fingerprint density at radius 3 is 2.61 bits per heavy atom. The van der Waals surface area contributed by atoms with Gasteiger partial charge in [-0.15, -0.1) is 10.2 Å². The van der Waals surface area contributed by atoms with Gasteiger partial charge in [0, 0.05) is 23.5 Å². The van der Waals surface area contributed by atoms with Crippen LogP contribution < -0.4 is 0 Å². The van der Waals surface area contributed by atoms with Gasteiger partial charge in [0.05, 0.1) is 0 Å². The molecule has 0 bridgehead atoms. The summed E-state index contributed by atoms with van der Waals surface area (Å²) in [5.74, 6) is -0.218. The highest BCUT2D eigenvalue weighted by Crippen LogP contribution is 2.24. The van der Waals surface area contributed by atoms with E-state index in [0.29, 0.717) is 5.89 Å². The average molecular weight is 418 g/mol. The van der Waals surface area contributed by atoms with E-state index in [1.807, 2.05) is 57.2 Å². The topological polar surface area (TPSA) is 93.9 Å². The molecule has 0 amide bonds. The number of carbonyl (C=O) groups is 1. The summed E-state index contributed by atoms with van der Waals surface area (Å²) >= 11 is 0. The molecule has 160 valence electrons. The Balaban J connectivity index is 1.75. The van der Waals surface area contributed by atoms with Crippen molar-refractivity contribution in [1.82, 2.24) is 14.8 Å². The van der Waals surface area contributed by atoms with Gasteiger partial charge < -0.3 is 13.7 Å². The number of nitriles is 1. The molecule has 0 aliphatic heterocycles. The Hall–Kier alpha value is -3.66. The lowest BCUT2D eigenvalue weighted by Gasteiger charge is -2.09. The van der Waals surface area contributed by atoms with Crippen LogP contribution in [0.25, 0.3) is 17.5 Å². The van der Waals surface area contributed by atoms with Crippen molar-refractivity contribution in [2.45, 2.75) is 53.7 Å². The van der Waals surface area contributed by atoms with E-state index >= 15 is 0 Å². The fourth-order valence-corrected chi connectivity index (χ4v) is 3.32. The lowest BCUT2D eigenvalue weighted by molar-refractivity contribution is -0.144. The highest BCUT2D eigenvalue weighted by Gasteiger charge is 2.22. The van der Waals surface area contributed by atoms with Crippen molar-refractivity contribution in [3.8, 4) is 17.5 Å². The van der Waals surface area contributed by atoms with Crippen LogP contribution in [0.3, 0.4) is 0 Å². The molecule has 1 atom stereocenters. The molecule has 3 rings (SSSR count). The highest BCUT2D eigenvalue weighted by molar-refractivity contribution is 5.98. The van der Waals surface area contributed by atoms with Gasteiger partial charge in [0.25, 0.3) is 5.89 Å². The van der Waals surface area contributed by atoms with Gasteiger partial charge in [-0.2, -0.15) is 5.26 Å². The van der Waals surface area contributed by atoms with E-state index in [2.05, 4.69) is 21.7 Å². The maximum absolute atomic E-state index is 12.6. The van der Waals surface area contributed by atoms with E-state index in [-0.39, 0.29) is 11.5 Å². The van der Waals surface area contributed by atoms with Crippen molar-refractivity contribution >= 4 is 12.0 Å². The van der Waals surface area contributed by atoms with Crippen LogP contribution in [-0.4, -0.2) is 20.7 Å². The summed E-state index contributed by atoms with van der Waals surface area (Å²) < 4.78 is 13.3. The molecule has 1 aromatic carbocycles. The summed E-state index contributed by atoms with van der Waals surface area (Å²) in [5.41, 5.74) is 4.74. The first-order valence-corrected chi connectivity index (χ1v) is 10.2. The van der Waals surface area contributed by atoms with Crippen molar-refractivity contribution in [2.75, 3.05) is 0 Å². The van der Waals surface area contributed by atoms with E-state index in [1.54, 1.807) is 13.0 Å². The van der Waals surface area contributed by atoms with Crippen LogP contribution in [0.2, 0.25) is 0 Å². The van der Waals surface area contributed by atoms with Gasteiger partial charge in [-0.25, -0.2) is 4.79 Å². The van der Waals surface area contributed by atoms with E-state index in [4.69, 9.17) is 9.15 Å². The zero-order chi connectivity index (χ0) is 22.5. The minimum Gasteiger partial charge on any atom is -0.448 e. The van der Waals surface area contributed by atoms with Gasteiger partial charge in [0.15, 0.2) is 6.10 Å². The van der Waals surface area contributed by atoms with E-state index < -0.39 is 12.1 Å². The predicted octanol–water partition coefficient (Wildman–Crippen LogP) is 5.08. The molecule has 0 aliphatic carbocycles. The average Bonchev–Trinajstić information content (AvgIpc) is 3.34. The fourth-order valence-electron chi connectivity index (χ4n) is 3.32. The molecule has 3 aromatic rings. The number of esters is 1. The van der Waals surface area contributed by atoms with Crippen LogP contribution in [0.4, 0.5) is 0 Å². The van der Waals surface area contributed by atoms with Gasteiger partial charge >= 0.3 is 5.97 Å². The third kappa shape index (κ3) is 4.92. The zero-order valence-electron chi connectivity index (χ0n) is 18.5. The number of benzene rings is 1. The Bertz CT molecular complexity index is 1150. The van der Waals surface area contributed by atoms with Crippen molar-refractivity contribution in [3.05, 3.63) is 64.3 Å². The molecule has 2 heterocycles. The molecular weight excluding hydrogens is 392 g/mol. The number of ether oxygens (including phenoxy) is 1. The first-order chi connectivity index (χ1) is 14.8. The Morgan fingerprint density at radius 1 is 1.26 bits per heavy atom. The van der Waals surface area contributed by atoms with Crippen molar-refractivity contribution < 1.29 is 13.9 Å². The minimum atomic E-state index is -0.788. The van der Waals surface area contributed by atoms with Crippen molar-refractivity contribution in [1.29, 1.82) is 5.26 Å². The van der Waals surface area contributed by atoms with Crippen LogP contribution in [0, 0.1) is 32.1 Å². The highest BCUT2D eigenvalue weighted by atomic mass is 16.6. The second kappa shape index (κ2) is 9.43. The van der Waals surface area contributed by atoms with Gasteiger partial charge in [-0.3, -0.25) is 0 Å². The van der Waals surface area contributed by atoms with Gasteiger partial charge in [0.1, 0.15) is 11.6 Å². The molecule has 0 spiro atoms. The number of hydrogen-bond acceptors (Lipinski definition) is 6. The van der Waals surface area contributed by atoms with Gasteiger partial charge in [-0.1, -0.05) is 24.6 Å². The van der Waals surface area contributed by atoms with Crippen LogP contribution >= 0.6 is 0 Å². The second-order valence-electron chi connectivity index (χ2n) is 7.51. The maximum Gasteiger partial charge on any atom is 0.349 e. The van der Waals surface area contributed by atoms with Gasteiger partial charge in [-0.05, 0) is 64.0 Å². The first kappa shape index (κ1) is 22.0. The lowest BCUT2D eigenvalue weighted by atomic mass is 10.1. The van der Waals surface area contributed by atoms with Crippen molar-refractivity contribution in [2.24, 2.45) is 0 Å². The summed E-state index contributed by atoms with van der Waals surface area (Å²) in [6.45, 7) is 10.6. The molecule has 0 N–H and O–H groups in total. The lowest BCUT2D eigenvalue weighted by Crippen LogP contribution is -2.11. The molecule has 0 radical (unpaired) electrons. The molecule has 7 heteroatoms. The quantitative estimate of drug-likeness (QED) is 0.301. The zero-order valence-corrected chi connectivity index (χ0v) is 18.5. The van der Waals surface area contributed by atoms with E-state index in [1.165, 1.54) is 0 Å². The first-order valence-electron chi connectivity index (χ1n) is 10.2. The smallest absolute Gasteiger partial charge is 0.349 e. The number of aromatic nitrogens is 3. The molecular formula is C24H26N4O3. The molecule has 2 aromatic heterocycles. The Labute approximate surface area is 182 Å². The minimum absolute atomic E-state index is 0.0816. The summed E-state index contributed by atoms with van der Waals surface area (Å²) in [7, 11) is 0. The third-order valence-electron chi connectivity index (χ3n) is 5.07. The Kier molecular flexibility index (Phi) is 6.71. The summed E-state index contributed by atoms with van der Waals surface area (Å²) in [4.78, 5) is 12.6. The Morgan fingerprint density at radius 2 is 1.97 bits per heavy atom. The van der Waals surface area contributed by atoms with E-state index in [0.717, 1.165) is 41.0 Å². The summed E-state index contributed by atoms with van der Waals surface area (Å²) in [5, 5.41) is 17.5. The van der Waals surface area contributed by atoms with Crippen molar-refractivity contribution in [3.63, 3.8) is 0 Å². The number of hydrogen-bond donors (Lipinski definition) is 0. The number of carbonyl (C=O) groups excluding carboxylic acids is 1. The van der Waals surface area contributed by atoms with Crippen LogP contribution in [0.1, 0.15) is 54.8 Å². The molecule has 0 aliphatic rings. The largest absolute Gasteiger partial charge is 0.448 e. The molecule has 0 unspecified atom stereocenters. The number of aryl methyl sites for hydroxylation is 2. The van der Waals surface area contributed by atoms with Crippen LogP contribution in [0.5, 0.6) is 0 Å². The second-order valence-corrected chi connectivity index (χ2v) is 7.51. The molecule has 0 fully saturated rings. The third-order valence-corrected chi connectivity index (χ3v) is 5.07. The number of rotatable bonds is 7. The van der Waals surface area contributed by atoms with Crippen LogP contribution in [0.15, 0.2) is 40.3 Å². The molecule has 0 saturated carbocycles. The summed E-state index contributed by atoms with van der Waals surface area (Å²) in [6.07, 6.45) is 1.78. The molecule has 0 saturated heterocycles. The summed E-state index contributed by atoms with van der Waals surface area (Å²) in [6, 6.07) is 11.6. The number of nitrogens with zero attached hydrogens (tertiary/aromatic N) is 4. The van der Waals surface area contributed by atoms with Gasteiger partial charge in [0.2, 0.25) is 5.89 Å². The normalized spacial score (nSPS) is 12.5. The maximum atomic E-state index is 12.6. The SMILES string of the molecule is CCCn1c(C)cc(/C=C(\C#N)C(=O)O[C@@H](C)c2nnc(-c3ccc(C)cc3)o2)c1C. The molecule has 31 heavy (non-hydrogen) atoms. The predicted molar refractivity (Wildman–Crippen MR) is 117 cm³/mol. The van der Waals surface area contributed by atoms with Crippen LogP contribution in [-0.2, 0) is 16.1 Å². The van der Waals surface area contributed by atoms with E-state index in [9.17, 15) is 10.1 Å². The molecule has 7 nitrogen and oxygen atoms in total. The standard InChI is InChI=1S/C24H26N4O3/c1-6-11-28-16(3)12-20(17(28)4)13-21(14-25)24(29)30-18(5)22-26-27-23(31-22)19-9-7-15(2)8-10-19/h7-10,12-13,18H,6,11H2,1-5H3/b21-13+/t18-/m0/s1. The fraction of sp³-hybridized carbons (Fsp3) is 0.333.